The molecule has 2 aromatic rings. The van der Waals surface area contributed by atoms with E-state index in [0.29, 0.717) is 12.8 Å². The van der Waals surface area contributed by atoms with E-state index in [2.05, 4.69) is 15.5 Å². The van der Waals surface area contributed by atoms with E-state index in [-0.39, 0.29) is 23.2 Å². The van der Waals surface area contributed by atoms with Gasteiger partial charge < -0.3 is 9.84 Å². The number of halogens is 1. The van der Waals surface area contributed by atoms with Gasteiger partial charge in [0.05, 0.1) is 0 Å². The first kappa shape index (κ1) is 14.8. The van der Waals surface area contributed by atoms with Crippen LogP contribution in [0.2, 0.25) is 0 Å². The fourth-order valence-corrected chi connectivity index (χ4v) is 3.26. The van der Waals surface area contributed by atoms with E-state index in [0.717, 1.165) is 11.3 Å². The van der Waals surface area contributed by atoms with Crippen molar-refractivity contribution in [1.29, 1.82) is 0 Å². The van der Waals surface area contributed by atoms with E-state index in [1.54, 1.807) is 13.0 Å². The number of urea groups is 1. The number of aromatic nitrogens is 2. The Morgan fingerprint density at radius 3 is 2.62 bits per heavy atom. The van der Waals surface area contributed by atoms with Gasteiger partial charge in [0.15, 0.2) is 5.82 Å². The summed E-state index contributed by atoms with van der Waals surface area (Å²) >= 11 is 0. The van der Waals surface area contributed by atoms with Gasteiger partial charge in [0.2, 0.25) is 5.89 Å². The van der Waals surface area contributed by atoms with Crippen LogP contribution in [0.15, 0.2) is 28.8 Å². The van der Waals surface area contributed by atoms with Gasteiger partial charge in [0, 0.05) is 12.5 Å². The van der Waals surface area contributed by atoms with Crippen molar-refractivity contribution in [3.8, 4) is 0 Å². The van der Waals surface area contributed by atoms with E-state index in [1.807, 2.05) is 0 Å². The maximum Gasteiger partial charge on any atom is 0.326 e. The van der Waals surface area contributed by atoms with Gasteiger partial charge >= 0.3 is 6.03 Å². The third kappa shape index (κ3) is 2.02. The Balaban J connectivity index is 1.83. The van der Waals surface area contributed by atoms with Crippen LogP contribution in [0.5, 0.6) is 0 Å². The van der Waals surface area contributed by atoms with Gasteiger partial charge in [0.1, 0.15) is 17.4 Å². The van der Waals surface area contributed by atoms with Crippen molar-refractivity contribution in [2.75, 3.05) is 0 Å². The van der Waals surface area contributed by atoms with Crippen molar-refractivity contribution in [3.63, 3.8) is 0 Å². The number of aryl methyl sites for hydroxylation is 1. The minimum Gasteiger partial charge on any atom is -0.340 e. The molecule has 2 heterocycles. The minimum absolute atomic E-state index is 0.0810. The third-order valence-corrected chi connectivity index (χ3v) is 4.65. The fraction of sp³-hybridized carbons (Fsp3) is 0.375. The molecule has 4 rings (SSSR count). The number of benzene rings is 1. The van der Waals surface area contributed by atoms with E-state index in [9.17, 15) is 14.0 Å². The first-order valence-corrected chi connectivity index (χ1v) is 7.72. The van der Waals surface area contributed by atoms with Crippen LogP contribution in [-0.4, -0.2) is 32.5 Å². The molecular weight excluding hydrogens is 315 g/mol. The van der Waals surface area contributed by atoms with Gasteiger partial charge in [0.25, 0.3) is 5.91 Å². The molecule has 1 saturated heterocycles. The Kier molecular flexibility index (Phi) is 3.16. The monoisotopic (exact) mass is 330 g/mol. The molecule has 1 aliphatic carbocycles. The largest absolute Gasteiger partial charge is 0.340 e. The number of carbonyl (C=O) groups excluding carboxylic acids is 2. The summed E-state index contributed by atoms with van der Waals surface area (Å²) in [7, 11) is 0. The van der Waals surface area contributed by atoms with Gasteiger partial charge in [-0.15, -0.1) is 0 Å². The summed E-state index contributed by atoms with van der Waals surface area (Å²) in [6.07, 6.45) is 2.04. The number of imide groups is 1. The summed E-state index contributed by atoms with van der Waals surface area (Å²) < 4.78 is 19.3. The van der Waals surface area contributed by atoms with E-state index in [1.165, 1.54) is 18.2 Å². The van der Waals surface area contributed by atoms with Crippen molar-refractivity contribution in [2.45, 2.75) is 37.8 Å². The third-order valence-electron chi connectivity index (χ3n) is 4.65. The molecule has 124 valence electrons. The van der Waals surface area contributed by atoms with Crippen molar-refractivity contribution in [2.24, 2.45) is 0 Å². The topological polar surface area (TPSA) is 88.3 Å². The Labute approximate surface area is 136 Å². The van der Waals surface area contributed by atoms with E-state index < -0.39 is 23.4 Å². The maximum absolute atomic E-state index is 14.4. The smallest absolute Gasteiger partial charge is 0.326 e. The van der Waals surface area contributed by atoms with Crippen molar-refractivity contribution in [3.05, 3.63) is 47.4 Å². The van der Waals surface area contributed by atoms with Crippen LogP contribution in [0.3, 0.4) is 0 Å². The molecule has 1 atom stereocenters. The van der Waals surface area contributed by atoms with Gasteiger partial charge in [-0.25, -0.2) is 14.1 Å². The first-order valence-electron chi connectivity index (χ1n) is 7.72. The average Bonchev–Trinajstić information content (AvgIpc) is 3.05. The zero-order chi connectivity index (χ0) is 16.9. The molecule has 2 aliphatic rings. The van der Waals surface area contributed by atoms with Crippen LogP contribution < -0.4 is 5.32 Å². The molecule has 1 aliphatic heterocycles. The maximum atomic E-state index is 14.4. The summed E-state index contributed by atoms with van der Waals surface area (Å²) in [5, 5.41) is 6.55. The number of hydrogen-bond acceptors (Lipinski definition) is 5. The molecule has 3 amide bonds. The molecule has 1 N–H and O–H groups in total. The summed E-state index contributed by atoms with van der Waals surface area (Å²) in [5.41, 5.74) is -0.711. The molecule has 1 aromatic carbocycles. The number of rotatable bonds is 3. The number of hydrogen-bond donors (Lipinski definition) is 1. The Morgan fingerprint density at radius 1 is 1.33 bits per heavy atom. The summed E-state index contributed by atoms with van der Waals surface area (Å²) in [6.45, 7) is 1.59. The molecule has 24 heavy (non-hydrogen) atoms. The Hall–Kier alpha value is -2.77. The van der Waals surface area contributed by atoms with Crippen LogP contribution in [0.1, 0.15) is 42.6 Å². The lowest BCUT2D eigenvalue weighted by Crippen LogP contribution is -2.52. The lowest BCUT2D eigenvalue weighted by molar-refractivity contribution is -0.135. The van der Waals surface area contributed by atoms with E-state index >= 15 is 0 Å². The van der Waals surface area contributed by atoms with Gasteiger partial charge in [-0.1, -0.05) is 23.4 Å². The van der Waals surface area contributed by atoms with Crippen LogP contribution >= 0.6 is 0 Å². The van der Waals surface area contributed by atoms with Crippen molar-refractivity contribution in [1.82, 2.24) is 20.4 Å². The predicted octanol–water partition coefficient (Wildman–Crippen LogP) is 2.08. The highest BCUT2D eigenvalue weighted by atomic mass is 19.1. The second-order valence-corrected chi connectivity index (χ2v) is 6.14. The van der Waals surface area contributed by atoms with Gasteiger partial charge in [-0.3, -0.25) is 4.79 Å². The molecule has 1 saturated carbocycles. The van der Waals surface area contributed by atoms with Crippen LogP contribution in [-0.2, 0) is 4.79 Å². The highest BCUT2D eigenvalue weighted by molar-refractivity contribution is 6.08. The van der Waals surface area contributed by atoms with Crippen molar-refractivity contribution >= 4 is 11.9 Å². The normalized spacial score (nSPS) is 20.2. The molecule has 1 aromatic heterocycles. The Bertz CT molecular complexity index is 830. The van der Waals surface area contributed by atoms with Crippen LogP contribution in [0, 0.1) is 12.7 Å². The molecule has 1 unspecified atom stereocenters. The van der Waals surface area contributed by atoms with Crippen LogP contribution in [0.4, 0.5) is 9.18 Å². The number of nitrogens with one attached hydrogen (secondary N) is 1. The highest BCUT2D eigenvalue weighted by Crippen LogP contribution is 2.41. The molecule has 7 nitrogen and oxygen atoms in total. The summed E-state index contributed by atoms with van der Waals surface area (Å²) in [4.78, 5) is 30.5. The zero-order valence-electron chi connectivity index (χ0n) is 13.0. The summed E-state index contributed by atoms with van der Waals surface area (Å²) in [6, 6.07) is 4.34. The molecule has 8 heteroatoms. The predicted molar refractivity (Wildman–Crippen MR) is 79.2 cm³/mol. The first-order chi connectivity index (χ1) is 11.5. The second-order valence-electron chi connectivity index (χ2n) is 6.14. The lowest BCUT2D eigenvalue weighted by atomic mass is 9.76. The molecule has 0 bridgehead atoms. The lowest BCUT2D eigenvalue weighted by Gasteiger charge is -2.35. The molecule has 1 spiro atoms. The number of carbonyl (C=O) groups is 2. The average molecular weight is 330 g/mol. The fourth-order valence-electron chi connectivity index (χ4n) is 3.26. The zero-order valence-corrected chi connectivity index (χ0v) is 13.0. The molecule has 2 fully saturated rings. The molecular formula is C16H15FN4O3. The quantitative estimate of drug-likeness (QED) is 0.871. The Morgan fingerprint density at radius 2 is 2.08 bits per heavy atom. The van der Waals surface area contributed by atoms with Crippen LogP contribution in [0.25, 0.3) is 0 Å². The minimum atomic E-state index is -1.06. The van der Waals surface area contributed by atoms with Crippen molar-refractivity contribution < 1.29 is 18.5 Å². The second kappa shape index (κ2) is 5.12. The van der Waals surface area contributed by atoms with E-state index in [4.69, 9.17) is 4.52 Å². The number of nitrogens with zero attached hydrogens (tertiary/aromatic N) is 3. The SMILES string of the molecule is Cc1nc(C(c2ccccc2F)N2C(=O)NC3(CCC3)C2=O)no1. The standard InChI is InChI=1S/C16H15FN4O3/c1-9-18-13(20-24-9)12(10-5-2-3-6-11(10)17)21-14(22)16(7-4-8-16)19-15(21)23/h2-3,5-6,12H,4,7-8H2,1H3,(H,19,23). The van der Waals surface area contributed by atoms with Gasteiger partial charge in [-0.05, 0) is 25.3 Å². The van der Waals surface area contributed by atoms with Gasteiger partial charge in [-0.2, -0.15) is 4.98 Å². The molecule has 0 radical (unpaired) electrons. The number of amides is 3. The highest BCUT2D eigenvalue weighted by Gasteiger charge is 2.57. The summed E-state index contributed by atoms with van der Waals surface area (Å²) in [5.74, 6) is -0.552.